The molecular weight excluding hydrogens is 1120 g/mol. The van der Waals surface area contributed by atoms with E-state index in [2.05, 4.69) is 47.9 Å². The quantitative estimate of drug-likeness (QED) is 0.0359. The van der Waals surface area contributed by atoms with E-state index in [1.807, 2.05) is 30.3 Å². The number of nitrogens with two attached hydrogens (primary N) is 1. The number of unbranched alkanes of at least 4 members (excludes halogenated alkanes) is 1. The molecule has 0 aliphatic heterocycles. The Morgan fingerprint density at radius 1 is 0.529 bits per heavy atom. The lowest BCUT2D eigenvalue weighted by Crippen LogP contribution is -2.60. The monoisotopic (exact) mass is 1200 g/mol. The van der Waals surface area contributed by atoms with Crippen LogP contribution in [0.25, 0.3) is 0 Å². The molecule has 0 radical (unpaired) electrons. The minimum Gasteiger partial charge on any atom is -0.508 e. The first-order valence-corrected chi connectivity index (χ1v) is 29.1. The van der Waals surface area contributed by atoms with Crippen LogP contribution in [0.1, 0.15) is 108 Å². The maximum absolute atomic E-state index is 14.5. The van der Waals surface area contributed by atoms with E-state index in [1.165, 1.54) is 24.3 Å². The molecule has 3 rings (SSSR count). The third-order valence-electron chi connectivity index (χ3n) is 13.1. The predicted molar refractivity (Wildman–Crippen MR) is 316 cm³/mol. The number of hydrogen-bond donors (Lipinski definition) is 13. The van der Waals surface area contributed by atoms with Gasteiger partial charge >= 0.3 is 11.9 Å². The number of carbonyl (C=O) groups excluding carboxylic acids is 10. The summed E-state index contributed by atoms with van der Waals surface area (Å²) >= 11 is 1.13. The second kappa shape index (κ2) is 36.9. The van der Waals surface area contributed by atoms with Crippen molar-refractivity contribution in [3.63, 3.8) is 0 Å². The van der Waals surface area contributed by atoms with Crippen LogP contribution in [0, 0.1) is 17.8 Å². The zero-order chi connectivity index (χ0) is 63.2. The first-order chi connectivity index (χ1) is 40.2. The lowest BCUT2D eigenvalue weighted by Gasteiger charge is -2.28. The smallest absolute Gasteiger partial charge is 0.317 e. The van der Waals surface area contributed by atoms with Gasteiger partial charge in [-0.25, -0.2) is 0 Å². The van der Waals surface area contributed by atoms with Crippen molar-refractivity contribution in [3.05, 3.63) is 102 Å². The molecule has 0 saturated heterocycles. The van der Waals surface area contributed by atoms with Gasteiger partial charge in [-0.2, -0.15) is 0 Å². The average molecular weight is 1200 g/mol. The molecule has 3 aromatic rings. The highest BCUT2D eigenvalue weighted by molar-refractivity contribution is 8.00. The number of thioether (sulfide) groups is 1. The maximum Gasteiger partial charge on any atom is 0.317 e. The Kier molecular flexibility index (Phi) is 30.7. The van der Waals surface area contributed by atoms with Gasteiger partial charge in [0.05, 0.1) is 13.1 Å². The molecule has 25 nitrogen and oxygen atoms in total. The van der Waals surface area contributed by atoms with Crippen molar-refractivity contribution in [1.29, 1.82) is 0 Å². The van der Waals surface area contributed by atoms with Crippen molar-refractivity contribution in [2.45, 2.75) is 141 Å². The number of rotatable bonds is 38. The van der Waals surface area contributed by atoms with E-state index in [0.717, 1.165) is 17.3 Å². The summed E-state index contributed by atoms with van der Waals surface area (Å²) in [6, 6.07) is 14.8. The van der Waals surface area contributed by atoms with Gasteiger partial charge in [-0.15, -0.1) is 11.8 Å². The summed E-state index contributed by atoms with van der Waals surface area (Å²) in [6.45, 7) is 9.00. The Hall–Kier alpha value is -8.55. The lowest BCUT2D eigenvalue weighted by atomic mass is 9.99. The molecule has 464 valence electrons. The molecule has 0 bridgehead atoms. The summed E-state index contributed by atoms with van der Waals surface area (Å²) in [5.74, 6) is -11.3. The summed E-state index contributed by atoms with van der Waals surface area (Å²) < 4.78 is 0. The van der Waals surface area contributed by atoms with Crippen molar-refractivity contribution in [2.75, 3.05) is 25.4 Å². The van der Waals surface area contributed by atoms with E-state index in [4.69, 9.17) is 5.73 Å². The Balaban J connectivity index is 1.89. The van der Waals surface area contributed by atoms with Gasteiger partial charge in [0.1, 0.15) is 47.3 Å². The fraction of sp³-hybridized carbons (Fsp3) is 0.492. The van der Waals surface area contributed by atoms with Crippen LogP contribution >= 0.6 is 11.8 Å². The first kappa shape index (κ1) is 70.7. The molecule has 7 atom stereocenters. The number of nitrogens with one attached hydrogen (secondary N) is 9. The molecule has 0 spiro atoms. The topological polar surface area (TPSA) is 400 Å². The van der Waals surface area contributed by atoms with Gasteiger partial charge in [-0.1, -0.05) is 102 Å². The van der Waals surface area contributed by atoms with Crippen LogP contribution < -0.4 is 53.6 Å². The molecule has 14 N–H and O–H groups in total. The van der Waals surface area contributed by atoms with Crippen molar-refractivity contribution < 1.29 is 72.9 Å². The molecule has 10 amide bonds. The minimum atomic E-state index is -1.69. The van der Waals surface area contributed by atoms with E-state index in [1.54, 1.807) is 71.9 Å². The molecular formula is C59H82N10O15S. The largest absolute Gasteiger partial charge is 0.508 e. The van der Waals surface area contributed by atoms with E-state index in [0.29, 0.717) is 23.3 Å². The highest BCUT2D eigenvalue weighted by Crippen LogP contribution is 2.18. The minimum absolute atomic E-state index is 0.0188. The number of phenolic OH excluding ortho intramolecular Hbond substituents is 1. The number of primary amides is 1. The molecule has 0 unspecified atom stereocenters. The maximum atomic E-state index is 14.5. The molecule has 26 heteroatoms. The molecule has 0 aliphatic carbocycles. The van der Waals surface area contributed by atoms with Gasteiger partial charge in [0.15, 0.2) is 0 Å². The lowest BCUT2D eigenvalue weighted by molar-refractivity contribution is -0.139. The van der Waals surface area contributed by atoms with Crippen LogP contribution in [0.15, 0.2) is 84.9 Å². The highest BCUT2D eigenvalue weighted by atomic mass is 32.2. The Morgan fingerprint density at radius 3 is 1.61 bits per heavy atom. The second-order valence-electron chi connectivity index (χ2n) is 21.4. The van der Waals surface area contributed by atoms with Crippen molar-refractivity contribution >= 4 is 82.8 Å². The van der Waals surface area contributed by atoms with Crippen LogP contribution in [0.5, 0.6) is 5.75 Å². The molecule has 0 saturated carbocycles. The Labute approximate surface area is 498 Å². The summed E-state index contributed by atoms with van der Waals surface area (Å²) in [5.41, 5.74) is 7.16. The predicted octanol–water partition coefficient (Wildman–Crippen LogP) is 1.20. The fourth-order valence-corrected chi connectivity index (χ4v) is 9.53. The second-order valence-corrected chi connectivity index (χ2v) is 22.7. The summed E-state index contributed by atoms with van der Waals surface area (Å²) in [5, 5.41) is 51.5. The van der Waals surface area contributed by atoms with Gasteiger partial charge in [0, 0.05) is 31.4 Å². The molecule has 0 fully saturated rings. The van der Waals surface area contributed by atoms with Crippen molar-refractivity contribution in [3.8, 4) is 5.75 Å². The third kappa shape index (κ3) is 27.1. The Morgan fingerprint density at radius 2 is 1.06 bits per heavy atom. The van der Waals surface area contributed by atoms with Gasteiger partial charge < -0.3 is 68.9 Å². The number of amides is 10. The summed E-state index contributed by atoms with van der Waals surface area (Å²) in [7, 11) is 0. The summed E-state index contributed by atoms with van der Waals surface area (Å²) in [4.78, 5) is 159. The first-order valence-electron chi connectivity index (χ1n) is 28.1. The van der Waals surface area contributed by atoms with Crippen molar-refractivity contribution in [2.24, 2.45) is 23.5 Å². The standard InChI is InChI=1S/C59H82N10O15S/c1-34(2)29-43(67-58(82)51(36(5)6)69-48(73)32-62-53(77)39-17-11-8-12-18-39)57(81)64-41(19-13-14-27-61-46(71)31-45(59(83)84)85-28-26-37-15-9-7-10-16-37)55(79)65-42(24-25-49(74)75)56(80)66-44(30-38-20-22-40(70)23-21-38)54(78)63-33-47(72)68-50(35(3)4)52(60)76/h7-12,15-18,20-23,34-36,41-45,50-51,70H,13-14,19,24-33H2,1-6H3,(H2,60,76)(H,61,71)(H,62,77)(H,63,78)(H,64,81)(H,65,79)(H,66,80)(H,67,82)(H,68,72)(H,69,73)(H,74,75)(H,83,84)/t41-,42-,43-,44-,45+,50-,51-/m0/s1. The zero-order valence-corrected chi connectivity index (χ0v) is 49.6. The van der Waals surface area contributed by atoms with E-state index < -0.39 is 150 Å². The third-order valence-corrected chi connectivity index (χ3v) is 14.3. The number of carboxylic acid groups (broad SMARTS) is 2. The fourth-order valence-electron chi connectivity index (χ4n) is 8.48. The number of hydrogen-bond acceptors (Lipinski definition) is 14. The number of carboxylic acids is 2. The number of phenols is 1. The highest BCUT2D eigenvalue weighted by Gasteiger charge is 2.34. The van der Waals surface area contributed by atoms with Crippen LogP contribution in [0.4, 0.5) is 0 Å². The molecule has 0 heterocycles. The normalized spacial score (nSPS) is 13.5. The molecule has 3 aromatic carbocycles. The van der Waals surface area contributed by atoms with Crippen LogP contribution in [-0.4, -0.2) is 153 Å². The van der Waals surface area contributed by atoms with Crippen LogP contribution in [0.2, 0.25) is 0 Å². The number of aliphatic carboxylic acids is 2. The zero-order valence-electron chi connectivity index (χ0n) is 48.8. The van der Waals surface area contributed by atoms with E-state index in [-0.39, 0.29) is 56.7 Å². The average Bonchev–Trinajstić information content (AvgIpc) is 3.58. The van der Waals surface area contributed by atoms with Gasteiger partial charge in [-0.3, -0.25) is 57.5 Å². The van der Waals surface area contributed by atoms with E-state index >= 15 is 0 Å². The van der Waals surface area contributed by atoms with Gasteiger partial charge in [0.25, 0.3) is 5.91 Å². The SMILES string of the molecule is CC(C)C[C@H](NC(=O)[C@@H](NC(=O)CNC(=O)c1ccccc1)C(C)C)C(=O)N[C@@H](CCCCNC(=O)C[C@@H](SCCc1ccccc1)C(=O)O)C(=O)N[C@@H](CCC(=O)O)C(=O)N[C@@H](Cc1ccc(O)cc1)C(=O)NCC(=O)N[C@H](C(N)=O)C(C)C. The Bertz CT molecular complexity index is 2730. The van der Waals surface area contributed by atoms with Gasteiger partial charge in [0.2, 0.25) is 53.2 Å². The van der Waals surface area contributed by atoms with Crippen LogP contribution in [-0.2, 0) is 65.6 Å². The van der Waals surface area contributed by atoms with Gasteiger partial charge in [-0.05, 0) is 97.4 Å². The molecule has 0 aliphatic rings. The van der Waals surface area contributed by atoms with Crippen LogP contribution in [0.3, 0.4) is 0 Å². The number of aromatic hydroxyl groups is 1. The molecule has 0 aromatic heterocycles. The molecule has 85 heavy (non-hydrogen) atoms. The van der Waals surface area contributed by atoms with E-state index in [9.17, 15) is 72.9 Å². The number of aryl methyl sites for hydroxylation is 1. The summed E-state index contributed by atoms with van der Waals surface area (Å²) in [6.07, 6.45) is -1.04. The van der Waals surface area contributed by atoms with Crippen molar-refractivity contribution in [1.82, 2.24) is 47.9 Å². The number of benzene rings is 3. The number of carbonyl (C=O) groups is 12.